The molecule has 3 heteroatoms. The van der Waals surface area contributed by atoms with Crippen LogP contribution in [0.3, 0.4) is 0 Å². The fraction of sp³-hybridized carbons (Fsp3) is 0.562. The number of carbonyl (C=O) groups is 1. The third-order valence-corrected chi connectivity index (χ3v) is 7.23. The average Bonchev–Trinajstić information content (AvgIpc) is 3.58. The van der Waals surface area contributed by atoms with E-state index in [-0.39, 0.29) is 5.41 Å². The molecule has 0 heterocycles. The SMILES string of the molecule is C=C/C=C(\C=C)C1(C2=CC=C=CC=C2)CC2CC1C1CCCC21.CC.CC.CC.COC(=O)OC. The van der Waals surface area contributed by atoms with Crippen LogP contribution >= 0.6 is 0 Å². The molecule has 0 saturated heterocycles. The first-order valence-electron chi connectivity index (χ1n) is 13.5. The predicted octanol–water partition coefficient (Wildman–Crippen LogP) is 9.41. The molecule has 3 saturated carbocycles. The van der Waals surface area contributed by atoms with Gasteiger partial charge in [0.15, 0.2) is 0 Å². The Morgan fingerprint density at radius 3 is 2.20 bits per heavy atom. The Bertz CT molecular complexity index is 801. The van der Waals surface area contributed by atoms with Gasteiger partial charge in [-0.3, -0.25) is 0 Å². The van der Waals surface area contributed by atoms with E-state index in [0.29, 0.717) is 0 Å². The van der Waals surface area contributed by atoms with Crippen molar-refractivity contribution in [3.05, 3.63) is 78.6 Å². The average molecular weight is 483 g/mol. The van der Waals surface area contributed by atoms with E-state index in [1.54, 1.807) is 0 Å². The lowest BCUT2D eigenvalue weighted by Crippen LogP contribution is -2.38. The quantitative estimate of drug-likeness (QED) is 0.227. The number of fused-ring (bicyclic) bond motifs is 5. The molecule has 0 aromatic rings. The fourth-order valence-electron chi connectivity index (χ4n) is 6.34. The Balaban J connectivity index is 0.000000826. The highest BCUT2D eigenvalue weighted by Crippen LogP contribution is 2.70. The van der Waals surface area contributed by atoms with E-state index in [1.165, 1.54) is 57.5 Å². The minimum atomic E-state index is -0.657. The zero-order valence-corrected chi connectivity index (χ0v) is 23.6. The minimum Gasteiger partial charge on any atom is -0.438 e. The van der Waals surface area contributed by atoms with Crippen molar-refractivity contribution in [2.24, 2.45) is 29.1 Å². The molecular formula is C32H50O3. The first kappa shape index (κ1) is 32.5. The number of ether oxygens (including phenoxy) is 2. The van der Waals surface area contributed by atoms with Gasteiger partial charge in [0, 0.05) is 5.41 Å². The van der Waals surface area contributed by atoms with E-state index in [9.17, 15) is 4.79 Å². The maximum atomic E-state index is 9.74. The van der Waals surface area contributed by atoms with Gasteiger partial charge in [-0.1, -0.05) is 97.6 Å². The lowest BCUT2D eigenvalue weighted by molar-refractivity contribution is 0.0924. The summed E-state index contributed by atoms with van der Waals surface area (Å²) in [6.45, 7) is 20.1. The van der Waals surface area contributed by atoms with Gasteiger partial charge in [0.1, 0.15) is 0 Å². The maximum Gasteiger partial charge on any atom is 0.507 e. The molecule has 0 amide bonds. The van der Waals surface area contributed by atoms with Crippen molar-refractivity contribution >= 4 is 6.16 Å². The Morgan fingerprint density at radius 1 is 1.03 bits per heavy atom. The summed E-state index contributed by atoms with van der Waals surface area (Å²) in [5, 5.41) is 0. The molecule has 3 fully saturated rings. The van der Waals surface area contributed by atoms with Crippen LogP contribution in [-0.4, -0.2) is 20.4 Å². The van der Waals surface area contributed by atoms with Gasteiger partial charge in [-0.15, -0.1) is 5.73 Å². The van der Waals surface area contributed by atoms with Gasteiger partial charge in [0.05, 0.1) is 14.2 Å². The van der Waals surface area contributed by atoms with Crippen LogP contribution in [-0.2, 0) is 9.47 Å². The topological polar surface area (TPSA) is 35.5 Å². The van der Waals surface area contributed by atoms with Crippen molar-refractivity contribution in [1.82, 2.24) is 0 Å². The van der Waals surface area contributed by atoms with Crippen LogP contribution in [0.5, 0.6) is 0 Å². The number of methoxy groups -OCH3 is 2. The van der Waals surface area contributed by atoms with E-state index < -0.39 is 6.16 Å². The molecule has 0 radical (unpaired) electrons. The molecule has 0 aromatic heterocycles. The lowest BCUT2D eigenvalue weighted by atomic mass is 9.58. The Labute approximate surface area is 216 Å². The molecule has 4 aliphatic carbocycles. The number of allylic oxidation sites excluding steroid dienone is 9. The summed E-state index contributed by atoms with van der Waals surface area (Å²) in [5.74, 6) is 3.57. The summed E-state index contributed by atoms with van der Waals surface area (Å²) in [7, 11) is 2.51. The van der Waals surface area contributed by atoms with Crippen molar-refractivity contribution < 1.29 is 14.3 Å². The van der Waals surface area contributed by atoms with Crippen LogP contribution in [0.4, 0.5) is 4.79 Å². The maximum absolute atomic E-state index is 9.74. The van der Waals surface area contributed by atoms with E-state index >= 15 is 0 Å². The van der Waals surface area contributed by atoms with Crippen LogP contribution < -0.4 is 0 Å². The summed E-state index contributed by atoms with van der Waals surface area (Å²) in [5.41, 5.74) is 6.18. The number of carbonyl (C=O) groups excluding carboxylic acids is 1. The van der Waals surface area contributed by atoms with Gasteiger partial charge in [-0.25, -0.2) is 4.79 Å². The second-order valence-corrected chi connectivity index (χ2v) is 8.24. The lowest BCUT2D eigenvalue weighted by Gasteiger charge is -2.45. The van der Waals surface area contributed by atoms with E-state index in [4.69, 9.17) is 0 Å². The van der Waals surface area contributed by atoms with Crippen LogP contribution in [0, 0.1) is 29.1 Å². The standard InChI is InChI=1S/C23H26.C3H6O3.3C2H6/c1-3-10-18(4-2)23(19-11-7-5-6-8-12-19)16-17-15-22(23)21-14-9-13-20(17)21;1-5-3(4)6-2;3*1-2/h3-5,7-8,10-12,17,20-22H,1-2,9,13-16H2;1-2H3;3*1-2H3/b18-10+;;;;. The van der Waals surface area contributed by atoms with E-state index in [1.807, 2.05) is 53.7 Å². The zero-order chi connectivity index (χ0) is 26.9. The molecule has 2 bridgehead atoms. The van der Waals surface area contributed by atoms with Crippen molar-refractivity contribution in [1.29, 1.82) is 0 Å². The van der Waals surface area contributed by atoms with Crippen molar-refractivity contribution in [2.45, 2.75) is 73.6 Å². The molecular weight excluding hydrogens is 432 g/mol. The molecule has 0 N–H and O–H groups in total. The summed E-state index contributed by atoms with van der Waals surface area (Å²) in [6.07, 6.45) is 23.4. The molecule has 4 rings (SSSR count). The summed E-state index contributed by atoms with van der Waals surface area (Å²) >= 11 is 0. The highest BCUT2D eigenvalue weighted by Gasteiger charge is 2.62. The monoisotopic (exact) mass is 482 g/mol. The van der Waals surface area contributed by atoms with E-state index in [0.717, 1.165) is 23.7 Å². The second-order valence-electron chi connectivity index (χ2n) is 8.24. The highest BCUT2D eigenvalue weighted by atomic mass is 16.7. The highest BCUT2D eigenvalue weighted by molar-refractivity contribution is 5.59. The molecule has 0 aliphatic heterocycles. The van der Waals surface area contributed by atoms with Crippen LogP contribution in [0.2, 0.25) is 0 Å². The molecule has 0 aromatic carbocycles. The van der Waals surface area contributed by atoms with Gasteiger partial charge >= 0.3 is 6.16 Å². The molecule has 4 aliphatic rings. The van der Waals surface area contributed by atoms with Crippen LogP contribution in [0.15, 0.2) is 78.6 Å². The number of hydrogen-bond acceptors (Lipinski definition) is 3. The summed E-state index contributed by atoms with van der Waals surface area (Å²) in [6, 6.07) is 0. The van der Waals surface area contributed by atoms with Gasteiger partial charge in [0.25, 0.3) is 0 Å². The van der Waals surface area contributed by atoms with Gasteiger partial charge in [-0.05, 0) is 72.7 Å². The largest absolute Gasteiger partial charge is 0.507 e. The third-order valence-electron chi connectivity index (χ3n) is 7.23. The molecule has 5 unspecified atom stereocenters. The fourth-order valence-corrected chi connectivity index (χ4v) is 6.34. The first-order chi connectivity index (χ1) is 17.1. The number of rotatable bonds is 4. The molecule has 3 nitrogen and oxygen atoms in total. The van der Waals surface area contributed by atoms with Crippen LogP contribution in [0.25, 0.3) is 0 Å². The summed E-state index contributed by atoms with van der Waals surface area (Å²) < 4.78 is 8.08. The van der Waals surface area contributed by atoms with Gasteiger partial charge in [-0.2, -0.15) is 0 Å². The van der Waals surface area contributed by atoms with Crippen molar-refractivity contribution in [3.63, 3.8) is 0 Å². The Morgan fingerprint density at radius 2 is 1.66 bits per heavy atom. The van der Waals surface area contributed by atoms with Gasteiger partial charge in [0.2, 0.25) is 0 Å². The molecule has 5 atom stereocenters. The van der Waals surface area contributed by atoms with Gasteiger partial charge < -0.3 is 9.47 Å². The normalized spacial score (nSPS) is 28.6. The second kappa shape index (κ2) is 17.9. The van der Waals surface area contributed by atoms with E-state index in [2.05, 4.69) is 64.8 Å². The van der Waals surface area contributed by atoms with Crippen LogP contribution in [0.1, 0.15) is 73.6 Å². The predicted molar refractivity (Wildman–Crippen MR) is 151 cm³/mol. The Hall–Kier alpha value is -2.51. The first-order valence-corrected chi connectivity index (χ1v) is 13.5. The molecule has 35 heavy (non-hydrogen) atoms. The molecule has 0 spiro atoms. The Kier molecular flexibility index (Phi) is 16.6. The summed E-state index contributed by atoms with van der Waals surface area (Å²) in [4.78, 5) is 9.74. The van der Waals surface area contributed by atoms with Crippen molar-refractivity contribution in [2.75, 3.05) is 14.2 Å². The van der Waals surface area contributed by atoms with Crippen molar-refractivity contribution in [3.8, 4) is 0 Å². The minimum absolute atomic E-state index is 0.138. The zero-order valence-electron chi connectivity index (χ0n) is 23.6. The number of hydrogen-bond donors (Lipinski definition) is 0. The third kappa shape index (κ3) is 7.48. The molecule has 196 valence electrons. The smallest absolute Gasteiger partial charge is 0.438 e.